The molecule has 0 bridgehead atoms. The van der Waals surface area contributed by atoms with Crippen molar-refractivity contribution in [1.82, 2.24) is 0 Å². The van der Waals surface area contributed by atoms with E-state index in [0.29, 0.717) is 17.0 Å². The Hall–Kier alpha value is -2.01. The molecule has 0 aromatic heterocycles. The Bertz CT molecular complexity index is 855. The highest BCUT2D eigenvalue weighted by atomic mass is 32.2. The topological polar surface area (TPSA) is 55.4 Å². The first kappa shape index (κ1) is 19.3. The second-order valence-electron chi connectivity index (χ2n) is 6.86. The van der Waals surface area contributed by atoms with Crippen molar-refractivity contribution in [2.45, 2.75) is 51.3 Å². The van der Waals surface area contributed by atoms with Crippen LogP contribution < -0.4 is 9.46 Å². The first-order valence-corrected chi connectivity index (χ1v) is 9.96. The van der Waals surface area contributed by atoms with E-state index in [0.717, 1.165) is 11.1 Å². The van der Waals surface area contributed by atoms with Gasteiger partial charge in [0.05, 0.1) is 17.7 Å². The summed E-state index contributed by atoms with van der Waals surface area (Å²) < 4.78 is 34.2. The Morgan fingerprint density at radius 3 is 2.12 bits per heavy atom. The second kappa shape index (κ2) is 7.48. The lowest BCUT2D eigenvalue weighted by Gasteiger charge is -2.18. The van der Waals surface area contributed by atoms with E-state index in [-0.39, 0.29) is 16.7 Å². The number of sulfonamides is 1. The van der Waals surface area contributed by atoms with Crippen LogP contribution in [-0.2, 0) is 10.0 Å². The number of aryl methyl sites for hydroxylation is 1. The van der Waals surface area contributed by atoms with Gasteiger partial charge in [-0.2, -0.15) is 0 Å². The lowest BCUT2D eigenvalue weighted by Crippen LogP contribution is -2.16. The molecule has 0 saturated carbocycles. The van der Waals surface area contributed by atoms with Crippen molar-refractivity contribution in [2.75, 3.05) is 11.8 Å². The van der Waals surface area contributed by atoms with E-state index >= 15 is 0 Å². The summed E-state index contributed by atoms with van der Waals surface area (Å²) in [5, 5.41) is 0. The summed E-state index contributed by atoms with van der Waals surface area (Å²) in [6, 6.07) is 11.0. The highest BCUT2D eigenvalue weighted by molar-refractivity contribution is 7.92. The number of hydrogen-bond acceptors (Lipinski definition) is 3. The molecule has 0 atom stereocenters. The smallest absolute Gasteiger partial charge is 0.262 e. The van der Waals surface area contributed by atoms with Gasteiger partial charge in [-0.15, -0.1) is 0 Å². The molecule has 2 rings (SSSR count). The summed E-state index contributed by atoms with van der Waals surface area (Å²) >= 11 is 0. The largest absolute Gasteiger partial charge is 0.496 e. The Labute approximate surface area is 151 Å². The molecule has 1 N–H and O–H groups in total. The maximum Gasteiger partial charge on any atom is 0.262 e. The van der Waals surface area contributed by atoms with E-state index in [4.69, 9.17) is 4.74 Å². The number of anilines is 1. The van der Waals surface area contributed by atoms with Crippen molar-refractivity contribution in [3.05, 3.63) is 53.1 Å². The number of ether oxygens (including phenoxy) is 1. The van der Waals surface area contributed by atoms with E-state index in [1.54, 1.807) is 32.2 Å². The van der Waals surface area contributed by atoms with E-state index in [9.17, 15) is 8.42 Å². The number of rotatable bonds is 6. The van der Waals surface area contributed by atoms with Crippen LogP contribution in [0.1, 0.15) is 56.2 Å². The summed E-state index contributed by atoms with van der Waals surface area (Å²) in [4.78, 5) is 0.288. The van der Waals surface area contributed by atoms with Gasteiger partial charge in [0.1, 0.15) is 5.75 Å². The van der Waals surface area contributed by atoms with Gasteiger partial charge in [-0.05, 0) is 53.6 Å². The van der Waals surface area contributed by atoms with Crippen LogP contribution in [0.25, 0.3) is 0 Å². The molecule has 0 aliphatic heterocycles. The second-order valence-corrected chi connectivity index (χ2v) is 8.51. The van der Waals surface area contributed by atoms with Crippen molar-refractivity contribution in [3.8, 4) is 5.75 Å². The fraction of sp³-hybridized carbons (Fsp3) is 0.400. The molecule has 0 spiro atoms. The highest BCUT2D eigenvalue weighted by Crippen LogP contribution is 2.33. The van der Waals surface area contributed by atoms with Crippen molar-refractivity contribution >= 4 is 15.7 Å². The first-order valence-electron chi connectivity index (χ1n) is 8.47. The summed E-state index contributed by atoms with van der Waals surface area (Å²) in [6.07, 6.45) is 0. The fourth-order valence-electron chi connectivity index (χ4n) is 2.89. The number of methoxy groups -OCH3 is 1. The number of benzene rings is 2. The molecule has 25 heavy (non-hydrogen) atoms. The fourth-order valence-corrected chi connectivity index (χ4v) is 4.24. The summed E-state index contributed by atoms with van der Waals surface area (Å²) in [5.41, 5.74) is 3.14. The van der Waals surface area contributed by atoms with Crippen LogP contribution >= 0.6 is 0 Å². The molecular formula is C20H27NO3S. The van der Waals surface area contributed by atoms with E-state index in [1.807, 2.05) is 45.9 Å². The summed E-state index contributed by atoms with van der Waals surface area (Å²) in [5.74, 6) is 1.10. The van der Waals surface area contributed by atoms with Gasteiger partial charge in [-0.25, -0.2) is 8.42 Å². The number of para-hydroxylation sites is 1. The van der Waals surface area contributed by atoms with Crippen molar-refractivity contribution in [2.24, 2.45) is 0 Å². The van der Waals surface area contributed by atoms with Gasteiger partial charge in [0, 0.05) is 0 Å². The molecule has 0 aliphatic rings. The molecule has 5 heteroatoms. The van der Waals surface area contributed by atoms with Gasteiger partial charge in [0.25, 0.3) is 10.0 Å². The molecule has 0 aliphatic carbocycles. The van der Waals surface area contributed by atoms with E-state index < -0.39 is 10.0 Å². The molecule has 0 heterocycles. The first-order chi connectivity index (χ1) is 11.7. The normalized spacial score (nSPS) is 11.8. The van der Waals surface area contributed by atoms with Gasteiger partial charge < -0.3 is 4.74 Å². The van der Waals surface area contributed by atoms with Crippen LogP contribution in [0.4, 0.5) is 5.69 Å². The minimum atomic E-state index is -3.69. The van der Waals surface area contributed by atoms with Crippen LogP contribution in [0.5, 0.6) is 5.75 Å². The minimum absolute atomic E-state index is 0.160. The molecule has 0 radical (unpaired) electrons. The van der Waals surface area contributed by atoms with Crippen LogP contribution in [0.15, 0.2) is 41.3 Å². The molecule has 0 amide bonds. The molecule has 0 saturated heterocycles. The monoisotopic (exact) mass is 361 g/mol. The van der Waals surface area contributed by atoms with Gasteiger partial charge in [0.2, 0.25) is 0 Å². The number of nitrogens with one attached hydrogen (secondary N) is 1. The molecule has 2 aromatic carbocycles. The third-order valence-corrected chi connectivity index (χ3v) is 5.77. The molecule has 0 unspecified atom stereocenters. The zero-order chi connectivity index (χ0) is 18.8. The van der Waals surface area contributed by atoms with Crippen molar-refractivity contribution in [3.63, 3.8) is 0 Å². The zero-order valence-electron chi connectivity index (χ0n) is 15.8. The van der Waals surface area contributed by atoms with Gasteiger partial charge in [-0.1, -0.05) is 45.9 Å². The maximum absolute atomic E-state index is 13.0. The highest BCUT2D eigenvalue weighted by Gasteiger charge is 2.22. The molecule has 0 fully saturated rings. The Morgan fingerprint density at radius 2 is 1.56 bits per heavy atom. The van der Waals surface area contributed by atoms with Gasteiger partial charge >= 0.3 is 0 Å². The number of hydrogen-bond donors (Lipinski definition) is 1. The Kier molecular flexibility index (Phi) is 5.78. The third kappa shape index (κ3) is 4.15. The van der Waals surface area contributed by atoms with Gasteiger partial charge in [0.15, 0.2) is 0 Å². The third-order valence-electron chi connectivity index (χ3n) is 4.27. The van der Waals surface area contributed by atoms with Crippen LogP contribution in [0.3, 0.4) is 0 Å². The average molecular weight is 362 g/mol. The lowest BCUT2D eigenvalue weighted by atomic mass is 10.0. The Morgan fingerprint density at radius 1 is 0.960 bits per heavy atom. The predicted molar refractivity (Wildman–Crippen MR) is 103 cm³/mol. The van der Waals surface area contributed by atoms with Crippen molar-refractivity contribution < 1.29 is 13.2 Å². The Balaban J connectivity index is 2.52. The standard InChI is InChI=1S/C20H27NO3S/c1-13(2)16-9-7-8-10-18(16)21-25(22,23)20-12-17(14(3)4)19(24-6)11-15(20)5/h7-14,21H,1-6H3. The zero-order valence-corrected chi connectivity index (χ0v) is 16.6. The van der Waals surface area contributed by atoms with Crippen molar-refractivity contribution in [1.29, 1.82) is 0 Å². The van der Waals surface area contributed by atoms with Crippen LogP contribution in [0, 0.1) is 6.92 Å². The molecule has 136 valence electrons. The van der Waals surface area contributed by atoms with Crippen LogP contribution in [0.2, 0.25) is 0 Å². The van der Waals surface area contributed by atoms with E-state index in [1.165, 1.54) is 0 Å². The van der Waals surface area contributed by atoms with Crippen LogP contribution in [-0.4, -0.2) is 15.5 Å². The quantitative estimate of drug-likeness (QED) is 0.783. The predicted octanol–water partition coefficient (Wildman–Crippen LogP) is 5.05. The lowest BCUT2D eigenvalue weighted by molar-refractivity contribution is 0.406. The minimum Gasteiger partial charge on any atom is -0.496 e. The molecule has 2 aromatic rings. The summed E-state index contributed by atoms with van der Waals surface area (Å²) in [6.45, 7) is 9.91. The molecular weight excluding hydrogens is 334 g/mol. The average Bonchev–Trinajstić information content (AvgIpc) is 2.53. The molecule has 4 nitrogen and oxygen atoms in total. The van der Waals surface area contributed by atoms with E-state index in [2.05, 4.69) is 4.72 Å². The maximum atomic E-state index is 13.0. The summed E-state index contributed by atoms with van der Waals surface area (Å²) in [7, 11) is -2.08. The van der Waals surface area contributed by atoms with Gasteiger partial charge in [-0.3, -0.25) is 4.72 Å². The SMILES string of the molecule is COc1cc(C)c(S(=O)(=O)Nc2ccccc2C(C)C)cc1C(C)C.